The quantitative estimate of drug-likeness (QED) is 0.591. The number of halogens is 1. The SMILES string of the molecule is CC(C)CCN(C(=O)c1cc([N+](=O)[O-])ccc1Cl)C1CC1. The molecule has 0 unspecified atom stereocenters. The summed E-state index contributed by atoms with van der Waals surface area (Å²) in [5.41, 5.74) is 0.115. The molecule has 0 radical (unpaired) electrons. The maximum Gasteiger partial charge on any atom is 0.270 e. The average Bonchev–Trinajstić information content (AvgIpc) is 3.23. The molecule has 0 spiro atoms. The van der Waals surface area contributed by atoms with Crippen molar-refractivity contribution in [1.29, 1.82) is 0 Å². The second kappa shape index (κ2) is 6.43. The maximum absolute atomic E-state index is 12.7. The number of amides is 1. The summed E-state index contributed by atoms with van der Waals surface area (Å²) in [6.45, 7) is 4.88. The molecular weight excluding hydrogens is 292 g/mol. The van der Waals surface area contributed by atoms with Crippen LogP contribution in [-0.2, 0) is 0 Å². The number of nitrogens with zero attached hydrogens (tertiary/aromatic N) is 2. The van der Waals surface area contributed by atoms with E-state index in [1.165, 1.54) is 18.2 Å². The summed E-state index contributed by atoms with van der Waals surface area (Å²) < 4.78 is 0. The maximum atomic E-state index is 12.7. The Morgan fingerprint density at radius 1 is 1.48 bits per heavy atom. The van der Waals surface area contributed by atoms with Gasteiger partial charge >= 0.3 is 0 Å². The molecule has 1 fully saturated rings. The van der Waals surface area contributed by atoms with Gasteiger partial charge in [-0.25, -0.2) is 0 Å². The van der Waals surface area contributed by atoms with Crippen LogP contribution in [0.5, 0.6) is 0 Å². The standard InChI is InChI=1S/C15H19ClN2O3/c1-10(2)7-8-17(11-3-4-11)15(19)13-9-12(18(20)21)5-6-14(13)16/h5-6,9-11H,3-4,7-8H2,1-2H3. The van der Waals surface area contributed by atoms with Crippen molar-refractivity contribution in [2.75, 3.05) is 6.54 Å². The number of carbonyl (C=O) groups excluding carboxylic acids is 1. The molecule has 0 bridgehead atoms. The predicted octanol–water partition coefficient (Wildman–Crippen LogP) is 3.90. The summed E-state index contributed by atoms with van der Waals surface area (Å²) in [7, 11) is 0. The monoisotopic (exact) mass is 310 g/mol. The summed E-state index contributed by atoms with van der Waals surface area (Å²) in [6.07, 6.45) is 2.90. The van der Waals surface area contributed by atoms with E-state index < -0.39 is 4.92 Å². The molecule has 1 aromatic rings. The molecule has 0 N–H and O–H groups in total. The second-order valence-electron chi connectivity index (χ2n) is 5.83. The lowest BCUT2D eigenvalue weighted by Crippen LogP contribution is -2.34. The van der Waals surface area contributed by atoms with Gasteiger partial charge in [0.2, 0.25) is 0 Å². The Morgan fingerprint density at radius 3 is 2.67 bits per heavy atom. The largest absolute Gasteiger partial charge is 0.336 e. The fourth-order valence-corrected chi connectivity index (χ4v) is 2.38. The summed E-state index contributed by atoms with van der Waals surface area (Å²) in [5, 5.41) is 11.1. The number of hydrogen-bond donors (Lipinski definition) is 0. The summed E-state index contributed by atoms with van der Waals surface area (Å²) in [4.78, 5) is 24.8. The van der Waals surface area contributed by atoms with Crippen molar-refractivity contribution in [2.24, 2.45) is 5.92 Å². The zero-order chi connectivity index (χ0) is 15.6. The van der Waals surface area contributed by atoms with Gasteiger partial charge in [0, 0.05) is 24.7 Å². The van der Waals surface area contributed by atoms with Crippen molar-refractivity contribution in [3.63, 3.8) is 0 Å². The molecule has 0 aliphatic heterocycles. The minimum Gasteiger partial charge on any atom is -0.336 e. The van der Waals surface area contributed by atoms with Crippen molar-refractivity contribution in [2.45, 2.75) is 39.2 Å². The number of nitro benzene ring substituents is 1. The lowest BCUT2D eigenvalue weighted by Gasteiger charge is -2.23. The molecule has 2 rings (SSSR count). The highest BCUT2D eigenvalue weighted by Crippen LogP contribution is 2.31. The van der Waals surface area contributed by atoms with Crippen LogP contribution in [0.2, 0.25) is 5.02 Å². The third-order valence-corrected chi connectivity index (χ3v) is 3.92. The Morgan fingerprint density at radius 2 is 2.14 bits per heavy atom. The van der Waals surface area contributed by atoms with Crippen LogP contribution < -0.4 is 0 Å². The van der Waals surface area contributed by atoms with Crippen LogP contribution in [0.25, 0.3) is 0 Å². The Bertz CT molecular complexity index is 556. The molecule has 1 saturated carbocycles. The molecule has 114 valence electrons. The fraction of sp³-hybridized carbons (Fsp3) is 0.533. The zero-order valence-corrected chi connectivity index (χ0v) is 13.0. The molecule has 1 amide bonds. The van der Waals surface area contributed by atoms with E-state index in [1.807, 2.05) is 4.90 Å². The normalized spacial score (nSPS) is 14.3. The molecule has 0 atom stereocenters. The second-order valence-corrected chi connectivity index (χ2v) is 6.24. The molecule has 1 aliphatic carbocycles. The van der Waals surface area contributed by atoms with Crippen LogP contribution >= 0.6 is 11.6 Å². The van der Waals surface area contributed by atoms with E-state index >= 15 is 0 Å². The molecule has 5 nitrogen and oxygen atoms in total. The number of non-ortho nitro benzene ring substituents is 1. The third kappa shape index (κ3) is 3.94. The number of nitro groups is 1. The highest BCUT2D eigenvalue weighted by Gasteiger charge is 2.34. The van der Waals surface area contributed by atoms with Gasteiger partial charge in [0.25, 0.3) is 11.6 Å². The van der Waals surface area contributed by atoms with Crippen LogP contribution in [0.15, 0.2) is 18.2 Å². The molecule has 1 aliphatic rings. The number of benzene rings is 1. The van der Waals surface area contributed by atoms with Crippen molar-refractivity contribution in [1.82, 2.24) is 4.90 Å². The predicted molar refractivity (Wildman–Crippen MR) is 81.6 cm³/mol. The van der Waals surface area contributed by atoms with E-state index in [1.54, 1.807) is 0 Å². The van der Waals surface area contributed by atoms with Crippen molar-refractivity contribution in [3.05, 3.63) is 38.9 Å². The molecule has 0 saturated heterocycles. The minimum atomic E-state index is -0.511. The minimum absolute atomic E-state index is 0.109. The van der Waals surface area contributed by atoms with E-state index in [-0.39, 0.29) is 28.2 Å². The number of hydrogen-bond acceptors (Lipinski definition) is 3. The van der Waals surface area contributed by atoms with Gasteiger partial charge in [-0.2, -0.15) is 0 Å². The van der Waals surface area contributed by atoms with Gasteiger partial charge in [-0.1, -0.05) is 25.4 Å². The first kappa shape index (κ1) is 15.8. The van der Waals surface area contributed by atoms with Crippen LogP contribution in [0.4, 0.5) is 5.69 Å². The molecule has 0 heterocycles. The van der Waals surface area contributed by atoms with Gasteiger partial charge in [0.05, 0.1) is 15.5 Å². The smallest absolute Gasteiger partial charge is 0.270 e. The molecule has 0 aromatic heterocycles. The molecule has 21 heavy (non-hydrogen) atoms. The van der Waals surface area contributed by atoms with E-state index in [0.29, 0.717) is 12.5 Å². The summed E-state index contributed by atoms with van der Waals surface area (Å²) in [5.74, 6) is 0.298. The van der Waals surface area contributed by atoms with E-state index in [0.717, 1.165) is 19.3 Å². The Kier molecular flexibility index (Phi) is 4.83. The van der Waals surface area contributed by atoms with Gasteiger partial charge in [0.1, 0.15) is 0 Å². The van der Waals surface area contributed by atoms with Crippen molar-refractivity contribution >= 4 is 23.2 Å². The zero-order valence-electron chi connectivity index (χ0n) is 12.2. The first-order valence-electron chi connectivity index (χ1n) is 7.15. The highest BCUT2D eigenvalue weighted by atomic mass is 35.5. The van der Waals surface area contributed by atoms with Gasteiger partial charge in [-0.05, 0) is 31.2 Å². The average molecular weight is 311 g/mol. The first-order chi connectivity index (χ1) is 9.90. The van der Waals surface area contributed by atoms with Gasteiger partial charge in [-0.15, -0.1) is 0 Å². The topological polar surface area (TPSA) is 63.5 Å². The molecule has 6 heteroatoms. The Labute approximate surface area is 129 Å². The van der Waals surface area contributed by atoms with Crippen LogP contribution in [0, 0.1) is 16.0 Å². The van der Waals surface area contributed by atoms with E-state index in [2.05, 4.69) is 13.8 Å². The van der Waals surface area contributed by atoms with E-state index in [4.69, 9.17) is 11.6 Å². The highest BCUT2D eigenvalue weighted by molar-refractivity contribution is 6.33. The van der Waals surface area contributed by atoms with Crippen LogP contribution in [-0.4, -0.2) is 28.3 Å². The lowest BCUT2D eigenvalue weighted by molar-refractivity contribution is -0.384. The molecule has 1 aromatic carbocycles. The van der Waals surface area contributed by atoms with Gasteiger partial charge in [0.15, 0.2) is 0 Å². The van der Waals surface area contributed by atoms with Crippen LogP contribution in [0.3, 0.4) is 0 Å². The lowest BCUT2D eigenvalue weighted by atomic mass is 10.1. The Balaban J connectivity index is 2.23. The van der Waals surface area contributed by atoms with Gasteiger partial charge < -0.3 is 4.90 Å². The summed E-state index contributed by atoms with van der Waals surface area (Å²) >= 11 is 6.06. The third-order valence-electron chi connectivity index (χ3n) is 3.59. The van der Waals surface area contributed by atoms with Crippen LogP contribution in [0.1, 0.15) is 43.5 Å². The van der Waals surface area contributed by atoms with Crippen molar-refractivity contribution < 1.29 is 9.72 Å². The molecular formula is C15H19ClN2O3. The first-order valence-corrected chi connectivity index (χ1v) is 7.53. The number of carbonyl (C=O) groups is 1. The number of rotatable bonds is 6. The Hall–Kier alpha value is -1.62. The van der Waals surface area contributed by atoms with Crippen molar-refractivity contribution in [3.8, 4) is 0 Å². The van der Waals surface area contributed by atoms with E-state index in [9.17, 15) is 14.9 Å². The fourth-order valence-electron chi connectivity index (χ4n) is 2.18. The van der Waals surface area contributed by atoms with Gasteiger partial charge in [-0.3, -0.25) is 14.9 Å². The summed E-state index contributed by atoms with van der Waals surface area (Å²) in [6, 6.07) is 4.26.